The Hall–Kier alpha value is -3.67. The fraction of sp³-hybridized carbons (Fsp3) is 0.136. The number of fused-ring (bicyclic) bond motifs is 1. The van der Waals surface area contributed by atoms with Gasteiger partial charge in [-0.05, 0) is 42.7 Å². The normalized spacial score (nSPS) is 15.1. The molecule has 28 heavy (non-hydrogen) atoms. The number of carbonyl (C=O) groups excluding carboxylic acids is 2. The van der Waals surface area contributed by atoms with E-state index in [0.29, 0.717) is 16.8 Å². The Kier molecular flexibility index (Phi) is 4.31. The molecular formula is C22H18N2O4. The van der Waals surface area contributed by atoms with Gasteiger partial charge in [0.15, 0.2) is 0 Å². The molecule has 4 rings (SSSR count). The summed E-state index contributed by atoms with van der Waals surface area (Å²) in [4.78, 5) is 39.4. The first-order chi connectivity index (χ1) is 13.5. The van der Waals surface area contributed by atoms with Gasteiger partial charge in [-0.3, -0.25) is 9.59 Å². The molecule has 1 amide bonds. The van der Waals surface area contributed by atoms with Crippen LogP contribution >= 0.6 is 0 Å². The SMILES string of the molecule is Cc1c2c([nH]c(=O)c1C(=O)Nc1ccc(-c3ccccc3)cc1)C(=O)O[C@@H]2C. The van der Waals surface area contributed by atoms with E-state index in [1.54, 1.807) is 26.0 Å². The van der Waals surface area contributed by atoms with Crippen LogP contribution in [-0.2, 0) is 4.74 Å². The molecule has 0 saturated heterocycles. The summed E-state index contributed by atoms with van der Waals surface area (Å²) in [6.07, 6.45) is -0.504. The molecule has 6 nitrogen and oxygen atoms in total. The molecule has 0 aliphatic carbocycles. The highest BCUT2D eigenvalue weighted by Crippen LogP contribution is 2.32. The summed E-state index contributed by atoms with van der Waals surface area (Å²) in [7, 11) is 0. The zero-order valence-corrected chi connectivity index (χ0v) is 15.4. The van der Waals surface area contributed by atoms with Gasteiger partial charge in [0, 0.05) is 11.3 Å². The number of H-pyrrole nitrogens is 1. The number of amides is 1. The standard InChI is InChI=1S/C22H18N2O4/c1-12-17-13(2)28-22(27)19(17)24-21(26)18(12)20(25)23-16-10-8-15(9-11-16)14-6-4-3-5-7-14/h3-11,13H,1-2H3,(H,23,25)(H,24,26)/t13-/m1/s1. The maximum Gasteiger partial charge on any atom is 0.355 e. The summed E-state index contributed by atoms with van der Waals surface area (Å²) >= 11 is 0. The van der Waals surface area contributed by atoms with Crippen LogP contribution in [0.4, 0.5) is 5.69 Å². The summed E-state index contributed by atoms with van der Waals surface area (Å²) in [6, 6.07) is 17.3. The van der Waals surface area contributed by atoms with Gasteiger partial charge in [-0.15, -0.1) is 0 Å². The number of pyridine rings is 1. The second kappa shape index (κ2) is 6.81. The minimum Gasteiger partial charge on any atom is -0.453 e. The van der Waals surface area contributed by atoms with Crippen molar-refractivity contribution in [2.75, 3.05) is 5.32 Å². The van der Waals surface area contributed by atoms with Crippen LogP contribution in [0.1, 0.15) is 45.0 Å². The summed E-state index contributed by atoms with van der Waals surface area (Å²) in [6.45, 7) is 3.36. The molecular weight excluding hydrogens is 356 g/mol. The third-order valence-electron chi connectivity index (χ3n) is 4.89. The number of cyclic esters (lactones) is 1. The Balaban J connectivity index is 1.62. The zero-order chi connectivity index (χ0) is 19.8. The molecule has 0 unspecified atom stereocenters. The van der Waals surface area contributed by atoms with Gasteiger partial charge < -0.3 is 15.0 Å². The predicted octanol–water partition coefficient (Wildman–Crippen LogP) is 3.83. The van der Waals surface area contributed by atoms with E-state index in [-0.39, 0.29) is 11.3 Å². The molecule has 2 N–H and O–H groups in total. The lowest BCUT2D eigenvalue weighted by Gasteiger charge is -2.11. The highest BCUT2D eigenvalue weighted by Gasteiger charge is 2.33. The first kappa shape index (κ1) is 17.7. The van der Waals surface area contributed by atoms with Gasteiger partial charge in [-0.2, -0.15) is 0 Å². The number of aromatic nitrogens is 1. The average molecular weight is 374 g/mol. The van der Waals surface area contributed by atoms with E-state index in [4.69, 9.17) is 4.74 Å². The van der Waals surface area contributed by atoms with Crippen molar-refractivity contribution in [1.82, 2.24) is 4.98 Å². The lowest BCUT2D eigenvalue weighted by atomic mass is 9.99. The zero-order valence-electron chi connectivity index (χ0n) is 15.4. The molecule has 0 fully saturated rings. The number of benzene rings is 2. The lowest BCUT2D eigenvalue weighted by Crippen LogP contribution is -2.27. The van der Waals surface area contributed by atoms with Crippen LogP contribution in [0.25, 0.3) is 11.1 Å². The number of carbonyl (C=O) groups is 2. The number of esters is 1. The van der Waals surface area contributed by atoms with Gasteiger partial charge in [0.2, 0.25) is 0 Å². The largest absolute Gasteiger partial charge is 0.453 e. The second-order valence-corrected chi connectivity index (χ2v) is 6.69. The van der Waals surface area contributed by atoms with Crippen molar-refractivity contribution >= 4 is 17.6 Å². The minimum atomic E-state index is -0.610. The summed E-state index contributed by atoms with van der Waals surface area (Å²) in [5, 5.41) is 2.75. The van der Waals surface area contributed by atoms with Crippen molar-refractivity contribution in [1.29, 1.82) is 0 Å². The molecule has 0 bridgehead atoms. The van der Waals surface area contributed by atoms with E-state index >= 15 is 0 Å². The van der Waals surface area contributed by atoms with E-state index < -0.39 is 23.5 Å². The minimum absolute atomic E-state index is 0.0176. The Morgan fingerprint density at radius 1 is 1.00 bits per heavy atom. The van der Waals surface area contributed by atoms with E-state index in [2.05, 4.69) is 10.3 Å². The molecule has 0 radical (unpaired) electrons. The van der Waals surface area contributed by atoms with Crippen molar-refractivity contribution in [2.24, 2.45) is 0 Å². The lowest BCUT2D eigenvalue weighted by molar-refractivity contribution is 0.0417. The predicted molar refractivity (Wildman–Crippen MR) is 105 cm³/mol. The van der Waals surface area contributed by atoms with Crippen LogP contribution < -0.4 is 10.9 Å². The molecule has 1 aliphatic heterocycles. The van der Waals surface area contributed by atoms with Crippen LogP contribution in [0, 0.1) is 6.92 Å². The summed E-state index contributed by atoms with van der Waals surface area (Å²) < 4.78 is 5.13. The maximum atomic E-state index is 12.7. The fourth-order valence-corrected chi connectivity index (χ4v) is 3.53. The van der Waals surface area contributed by atoms with E-state index in [1.807, 2.05) is 42.5 Å². The molecule has 0 saturated carbocycles. The monoisotopic (exact) mass is 374 g/mol. The highest BCUT2D eigenvalue weighted by atomic mass is 16.5. The van der Waals surface area contributed by atoms with Gasteiger partial charge in [-0.1, -0.05) is 42.5 Å². The van der Waals surface area contributed by atoms with Crippen molar-refractivity contribution in [3.05, 3.63) is 87.3 Å². The molecule has 0 spiro atoms. The number of aromatic amines is 1. The summed E-state index contributed by atoms with van der Waals surface area (Å²) in [5.41, 5.74) is 3.17. The van der Waals surface area contributed by atoms with Gasteiger partial charge in [-0.25, -0.2) is 4.79 Å². The molecule has 6 heteroatoms. The number of hydrogen-bond acceptors (Lipinski definition) is 4. The number of nitrogens with one attached hydrogen (secondary N) is 2. The van der Waals surface area contributed by atoms with Crippen molar-refractivity contribution in [2.45, 2.75) is 20.0 Å². The van der Waals surface area contributed by atoms with Crippen molar-refractivity contribution < 1.29 is 14.3 Å². The van der Waals surface area contributed by atoms with Gasteiger partial charge in [0.25, 0.3) is 11.5 Å². The molecule has 2 heterocycles. The van der Waals surface area contributed by atoms with Gasteiger partial charge in [0.1, 0.15) is 17.4 Å². The maximum absolute atomic E-state index is 12.7. The quantitative estimate of drug-likeness (QED) is 0.682. The van der Waals surface area contributed by atoms with Crippen LogP contribution in [0.15, 0.2) is 59.4 Å². The molecule has 1 aliphatic rings. The third kappa shape index (κ3) is 2.99. The Bertz CT molecular complexity index is 1130. The van der Waals surface area contributed by atoms with Crippen LogP contribution in [0.2, 0.25) is 0 Å². The first-order valence-corrected chi connectivity index (χ1v) is 8.90. The number of hydrogen-bond donors (Lipinski definition) is 2. The number of anilines is 1. The molecule has 1 aromatic heterocycles. The van der Waals surface area contributed by atoms with E-state index in [0.717, 1.165) is 11.1 Å². The Morgan fingerprint density at radius 2 is 1.64 bits per heavy atom. The highest BCUT2D eigenvalue weighted by molar-refractivity contribution is 6.06. The van der Waals surface area contributed by atoms with Crippen molar-refractivity contribution in [3.63, 3.8) is 0 Å². The topological polar surface area (TPSA) is 88.3 Å². The molecule has 3 aromatic rings. The van der Waals surface area contributed by atoms with Crippen molar-refractivity contribution in [3.8, 4) is 11.1 Å². The molecule has 140 valence electrons. The Labute approximate surface area is 161 Å². The van der Waals surface area contributed by atoms with E-state index in [9.17, 15) is 14.4 Å². The van der Waals surface area contributed by atoms with Gasteiger partial charge >= 0.3 is 5.97 Å². The first-order valence-electron chi connectivity index (χ1n) is 8.90. The van der Waals surface area contributed by atoms with Crippen LogP contribution in [-0.4, -0.2) is 16.9 Å². The third-order valence-corrected chi connectivity index (χ3v) is 4.89. The Morgan fingerprint density at radius 3 is 2.32 bits per heavy atom. The summed E-state index contributed by atoms with van der Waals surface area (Å²) in [5.74, 6) is -1.10. The van der Waals surface area contributed by atoms with Crippen LogP contribution in [0.3, 0.4) is 0 Å². The van der Waals surface area contributed by atoms with E-state index in [1.165, 1.54) is 0 Å². The number of rotatable bonds is 3. The van der Waals surface area contributed by atoms with Gasteiger partial charge in [0.05, 0.1) is 0 Å². The average Bonchev–Trinajstić information content (AvgIpc) is 2.96. The molecule has 2 aromatic carbocycles. The molecule has 1 atom stereocenters. The number of ether oxygens (including phenoxy) is 1. The fourth-order valence-electron chi connectivity index (χ4n) is 3.53. The second-order valence-electron chi connectivity index (χ2n) is 6.69. The smallest absolute Gasteiger partial charge is 0.355 e. The van der Waals surface area contributed by atoms with Crippen LogP contribution in [0.5, 0.6) is 0 Å².